The fourth-order valence-electron chi connectivity index (χ4n) is 1.54. The molecule has 0 atom stereocenters. The van der Waals surface area contributed by atoms with Crippen LogP contribution in [0.15, 0.2) is 30.3 Å². The fraction of sp³-hybridized carbons (Fsp3) is 0.0909. The summed E-state index contributed by atoms with van der Waals surface area (Å²) < 4.78 is 1.01. The average Bonchev–Trinajstić information content (AvgIpc) is 2.76. The first-order valence-electron chi connectivity index (χ1n) is 5.15. The van der Waals surface area contributed by atoms with Gasteiger partial charge in [-0.15, -0.1) is 0 Å². The third-order valence-electron chi connectivity index (χ3n) is 2.41. The summed E-state index contributed by atoms with van der Waals surface area (Å²) in [6.45, 7) is 0.0777. The van der Waals surface area contributed by atoms with E-state index in [1.807, 2.05) is 0 Å². The normalized spacial score (nSPS) is 10.4. The Hall–Kier alpha value is -2.41. The van der Waals surface area contributed by atoms with Crippen molar-refractivity contribution in [2.45, 2.75) is 6.54 Å². The third-order valence-corrected chi connectivity index (χ3v) is 2.66. The van der Waals surface area contributed by atoms with Crippen LogP contribution in [0.1, 0.15) is 16.1 Å². The molecule has 19 heavy (non-hydrogen) atoms. The number of rotatable bonds is 4. The minimum atomic E-state index is -1.52. The van der Waals surface area contributed by atoms with Gasteiger partial charge in [-0.1, -0.05) is 23.7 Å². The Kier molecular flexibility index (Phi) is 3.48. The van der Waals surface area contributed by atoms with E-state index in [4.69, 9.17) is 11.6 Å². The van der Waals surface area contributed by atoms with Gasteiger partial charge in [-0.3, -0.25) is 0 Å². The van der Waals surface area contributed by atoms with Crippen LogP contribution in [0.2, 0.25) is 5.02 Å². The summed E-state index contributed by atoms with van der Waals surface area (Å²) in [6.07, 6.45) is 0. The molecular weight excluding hydrogens is 274 g/mol. The number of carboxylic acid groups (broad SMARTS) is 1. The lowest BCUT2D eigenvalue weighted by Crippen LogP contribution is -2.26. The fourth-order valence-corrected chi connectivity index (χ4v) is 1.67. The first-order chi connectivity index (χ1) is 8.97. The summed E-state index contributed by atoms with van der Waals surface area (Å²) in [4.78, 5) is 20.7. The van der Waals surface area contributed by atoms with Gasteiger partial charge >= 0.3 is 5.82 Å². The van der Waals surface area contributed by atoms with Crippen LogP contribution in [0.3, 0.4) is 0 Å². The minimum Gasteiger partial charge on any atom is -0.543 e. The maximum atomic E-state index is 10.9. The molecule has 2 rings (SSSR count). The van der Waals surface area contributed by atoms with Gasteiger partial charge in [0.15, 0.2) is 0 Å². The van der Waals surface area contributed by atoms with Crippen LogP contribution >= 0.6 is 11.6 Å². The highest BCUT2D eigenvalue weighted by Crippen LogP contribution is 2.15. The maximum absolute atomic E-state index is 10.9. The van der Waals surface area contributed by atoms with Crippen LogP contribution in [-0.4, -0.2) is 20.7 Å². The second-order valence-electron chi connectivity index (χ2n) is 3.72. The number of hydrogen-bond acceptors (Lipinski definition) is 5. The zero-order valence-electron chi connectivity index (χ0n) is 9.45. The first kappa shape index (κ1) is 13.0. The summed E-state index contributed by atoms with van der Waals surface area (Å²) in [5.41, 5.74) is 0.367. The zero-order valence-corrected chi connectivity index (χ0v) is 10.2. The van der Waals surface area contributed by atoms with Gasteiger partial charge in [-0.05, 0) is 22.6 Å². The Morgan fingerprint density at radius 2 is 2.00 bits per heavy atom. The summed E-state index contributed by atoms with van der Waals surface area (Å²) >= 11 is 5.73. The lowest BCUT2D eigenvalue weighted by Gasteiger charge is -2.04. The number of carbonyl (C=O) groups is 1. The van der Waals surface area contributed by atoms with Crippen molar-refractivity contribution in [1.82, 2.24) is 9.78 Å². The van der Waals surface area contributed by atoms with Crippen LogP contribution in [0, 0.1) is 10.1 Å². The number of carboxylic acids is 1. The summed E-state index contributed by atoms with van der Waals surface area (Å²) in [5.74, 6) is -2.05. The van der Waals surface area contributed by atoms with E-state index >= 15 is 0 Å². The minimum absolute atomic E-state index is 0.0777. The number of halogens is 1. The molecule has 1 aromatic carbocycles. The smallest absolute Gasteiger partial charge is 0.390 e. The summed E-state index contributed by atoms with van der Waals surface area (Å²) in [6, 6.07) is 7.48. The van der Waals surface area contributed by atoms with E-state index < -0.39 is 16.7 Å². The summed E-state index contributed by atoms with van der Waals surface area (Å²) in [7, 11) is 0. The number of aromatic nitrogens is 2. The Balaban J connectivity index is 2.35. The van der Waals surface area contributed by atoms with E-state index in [1.165, 1.54) is 0 Å². The molecule has 0 bridgehead atoms. The molecule has 0 radical (unpaired) electrons. The van der Waals surface area contributed by atoms with E-state index in [2.05, 4.69) is 5.10 Å². The first-order valence-corrected chi connectivity index (χ1v) is 5.53. The topological polar surface area (TPSA) is 101 Å². The number of aromatic carboxylic acids is 1. The number of hydrogen-bond donors (Lipinski definition) is 0. The van der Waals surface area contributed by atoms with Gasteiger partial charge in [0, 0.05) is 5.02 Å². The van der Waals surface area contributed by atoms with Gasteiger partial charge in [0.2, 0.25) is 0 Å². The lowest BCUT2D eigenvalue weighted by molar-refractivity contribution is -0.389. The molecule has 0 N–H and O–H groups in total. The van der Waals surface area contributed by atoms with Crippen molar-refractivity contribution in [3.8, 4) is 0 Å². The van der Waals surface area contributed by atoms with Gasteiger partial charge in [0.05, 0.1) is 23.7 Å². The molecule has 0 saturated carbocycles. The molecule has 0 spiro atoms. The molecule has 8 heteroatoms. The molecule has 0 fully saturated rings. The molecule has 0 aliphatic carbocycles. The Morgan fingerprint density at radius 1 is 1.37 bits per heavy atom. The molecule has 0 amide bonds. The van der Waals surface area contributed by atoms with Gasteiger partial charge in [-0.25, -0.2) is 0 Å². The number of nitro groups is 1. The van der Waals surface area contributed by atoms with E-state index in [0.29, 0.717) is 10.6 Å². The monoisotopic (exact) mass is 280 g/mol. The highest BCUT2D eigenvalue weighted by Gasteiger charge is 2.18. The Bertz CT molecular complexity index is 636. The molecule has 0 aliphatic rings. The SMILES string of the molecule is O=C([O-])c1cc([N+](=O)[O-])nn1Cc1ccc(Cl)cc1. The molecule has 1 aromatic heterocycles. The molecule has 7 nitrogen and oxygen atoms in total. The van der Waals surface area contributed by atoms with Crippen molar-refractivity contribution >= 4 is 23.4 Å². The molecule has 1 heterocycles. The molecule has 0 unspecified atom stereocenters. The second kappa shape index (κ2) is 5.07. The lowest BCUT2D eigenvalue weighted by atomic mass is 10.2. The predicted molar refractivity (Wildman–Crippen MR) is 63.8 cm³/mol. The van der Waals surface area contributed by atoms with Gasteiger partial charge in [0.25, 0.3) is 0 Å². The molecule has 0 aliphatic heterocycles. The Morgan fingerprint density at radius 3 is 2.53 bits per heavy atom. The van der Waals surface area contributed by atoms with Crippen LogP contribution in [-0.2, 0) is 6.54 Å². The number of benzene rings is 1. The highest BCUT2D eigenvalue weighted by atomic mass is 35.5. The second-order valence-corrected chi connectivity index (χ2v) is 4.15. The van der Waals surface area contributed by atoms with Crippen molar-refractivity contribution in [3.63, 3.8) is 0 Å². The summed E-state index contributed by atoms with van der Waals surface area (Å²) in [5, 5.41) is 25.6. The van der Waals surface area contributed by atoms with E-state index in [0.717, 1.165) is 10.7 Å². The average molecular weight is 281 g/mol. The quantitative estimate of drug-likeness (QED) is 0.610. The van der Waals surface area contributed by atoms with Gasteiger partial charge < -0.3 is 20.0 Å². The van der Waals surface area contributed by atoms with Gasteiger partial charge in [-0.2, -0.15) is 4.68 Å². The standard InChI is InChI=1S/C11H8ClN3O4/c12-8-3-1-7(2-4-8)6-14-9(11(16)17)5-10(13-14)15(18)19/h1-5H,6H2,(H,16,17)/p-1. The zero-order chi connectivity index (χ0) is 14.0. The van der Waals surface area contributed by atoms with Crippen LogP contribution < -0.4 is 5.11 Å². The third kappa shape index (κ3) is 2.89. The molecule has 0 saturated heterocycles. The van der Waals surface area contributed by atoms with Crippen molar-refractivity contribution in [1.29, 1.82) is 0 Å². The van der Waals surface area contributed by atoms with E-state index in [9.17, 15) is 20.0 Å². The van der Waals surface area contributed by atoms with Crippen molar-refractivity contribution in [2.75, 3.05) is 0 Å². The van der Waals surface area contributed by atoms with Crippen molar-refractivity contribution < 1.29 is 14.8 Å². The van der Waals surface area contributed by atoms with Crippen LogP contribution in [0.5, 0.6) is 0 Å². The van der Waals surface area contributed by atoms with Crippen molar-refractivity contribution in [2.24, 2.45) is 0 Å². The number of carbonyl (C=O) groups excluding carboxylic acids is 1. The van der Waals surface area contributed by atoms with Crippen molar-refractivity contribution in [3.05, 3.63) is 56.7 Å². The largest absolute Gasteiger partial charge is 0.543 e. The van der Waals surface area contributed by atoms with E-state index in [1.54, 1.807) is 24.3 Å². The molecular formula is C11H7ClN3O4-. The highest BCUT2D eigenvalue weighted by molar-refractivity contribution is 6.30. The number of nitrogens with zero attached hydrogens (tertiary/aromatic N) is 3. The predicted octanol–water partition coefficient (Wildman–Crippen LogP) is 0.856. The van der Waals surface area contributed by atoms with Crippen LogP contribution in [0.4, 0.5) is 5.82 Å². The van der Waals surface area contributed by atoms with Gasteiger partial charge in [0.1, 0.15) is 5.69 Å². The molecule has 98 valence electrons. The Labute approximate surface area is 112 Å². The maximum Gasteiger partial charge on any atom is 0.390 e. The van der Waals surface area contributed by atoms with E-state index in [-0.39, 0.29) is 12.2 Å². The van der Waals surface area contributed by atoms with Crippen LogP contribution in [0.25, 0.3) is 0 Å². The molecule has 2 aromatic rings.